The number of para-hydroxylation sites is 1. The maximum Gasteiger partial charge on any atom is 0.261 e. The Labute approximate surface area is 156 Å². The van der Waals surface area contributed by atoms with Gasteiger partial charge in [0.2, 0.25) is 5.91 Å². The van der Waals surface area contributed by atoms with Crippen molar-refractivity contribution >= 4 is 28.6 Å². The Kier molecular flexibility index (Phi) is 5.26. The Balaban J connectivity index is 1.55. The van der Waals surface area contributed by atoms with E-state index in [1.807, 2.05) is 34.9 Å². The van der Waals surface area contributed by atoms with Crippen molar-refractivity contribution in [1.29, 1.82) is 0 Å². The minimum atomic E-state index is -0.165. The normalized spacial score (nSPS) is 22.8. The van der Waals surface area contributed by atoms with Gasteiger partial charge < -0.3 is 9.64 Å². The first kappa shape index (κ1) is 17.5. The van der Waals surface area contributed by atoms with Gasteiger partial charge in [-0.05, 0) is 37.1 Å². The zero-order valence-corrected chi connectivity index (χ0v) is 15.5. The van der Waals surface area contributed by atoms with Crippen LogP contribution >= 0.6 is 11.8 Å². The van der Waals surface area contributed by atoms with Gasteiger partial charge in [-0.2, -0.15) is 11.8 Å². The molecule has 1 amide bonds. The lowest BCUT2D eigenvalue weighted by molar-refractivity contribution is -0.135. The van der Waals surface area contributed by atoms with Gasteiger partial charge in [-0.25, -0.2) is 4.98 Å². The van der Waals surface area contributed by atoms with E-state index in [0.717, 1.165) is 37.4 Å². The fraction of sp³-hybridized carbons (Fsp3) is 0.526. The molecule has 6 nitrogen and oxygen atoms in total. The highest BCUT2D eigenvalue weighted by atomic mass is 32.2. The Morgan fingerprint density at radius 3 is 3.00 bits per heavy atom. The van der Waals surface area contributed by atoms with E-state index in [-0.39, 0.29) is 30.2 Å². The van der Waals surface area contributed by atoms with Crippen LogP contribution in [0.1, 0.15) is 19.3 Å². The minimum Gasteiger partial charge on any atom is -0.376 e. The largest absolute Gasteiger partial charge is 0.376 e. The first-order valence-corrected chi connectivity index (χ1v) is 10.3. The first-order valence-electron chi connectivity index (χ1n) is 9.15. The molecule has 0 unspecified atom stereocenters. The number of hydrogen-bond donors (Lipinski definition) is 0. The van der Waals surface area contributed by atoms with Gasteiger partial charge in [-0.3, -0.25) is 14.2 Å². The number of thioether (sulfide) groups is 1. The number of benzene rings is 1. The van der Waals surface area contributed by atoms with E-state index in [9.17, 15) is 9.59 Å². The Morgan fingerprint density at radius 1 is 1.35 bits per heavy atom. The number of carbonyl (C=O) groups is 1. The summed E-state index contributed by atoms with van der Waals surface area (Å²) >= 11 is 1.88. The number of amides is 1. The molecule has 0 saturated carbocycles. The number of carbonyl (C=O) groups excluding carboxylic acids is 1. The van der Waals surface area contributed by atoms with Crippen LogP contribution < -0.4 is 5.56 Å². The quantitative estimate of drug-likeness (QED) is 0.801. The second-order valence-corrected chi connectivity index (χ2v) is 8.04. The fourth-order valence-corrected chi connectivity index (χ4v) is 4.91. The Morgan fingerprint density at radius 2 is 2.23 bits per heavy atom. The smallest absolute Gasteiger partial charge is 0.261 e. The van der Waals surface area contributed by atoms with Gasteiger partial charge >= 0.3 is 0 Å². The number of rotatable bonds is 5. The standard InChI is InChI=1S/C19H23N3O3S/c23-18(11-21-13-20-17-6-2-1-5-16(17)19(21)24)22(14-7-9-26-12-14)10-15-4-3-8-25-15/h1-2,5-6,13-15H,3-4,7-12H2/t14-,15-/m1/s1. The van der Waals surface area contributed by atoms with Gasteiger partial charge in [-0.15, -0.1) is 0 Å². The van der Waals surface area contributed by atoms with Crippen molar-refractivity contribution in [2.24, 2.45) is 0 Å². The van der Waals surface area contributed by atoms with Crippen LogP contribution in [0.2, 0.25) is 0 Å². The van der Waals surface area contributed by atoms with Gasteiger partial charge in [0.15, 0.2) is 0 Å². The average Bonchev–Trinajstić information content (AvgIpc) is 3.36. The maximum absolute atomic E-state index is 13.0. The van der Waals surface area contributed by atoms with Crippen LogP contribution in [0.15, 0.2) is 35.4 Å². The molecule has 2 atom stereocenters. The van der Waals surface area contributed by atoms with E-state index < -0.39 is 0 Å². The summed E-state index contributed by atoms with van der Waals surface area (Å²) in [6.45, 7) is 1.44. The van der Waals surface area contributed by atoms with Gasteiger partial charge in [0, 0.05) is 24.9 Å². The SMILES string of the molecule is O=C(Cn1cnc2ccccc2c1=O)N(C[C@H]1CCCO1)[C@@H]1CCSC1. The molecular formula is C19H23N3O3S. The number of fused-ring (bicyclic) bond motifs is 1. The van der Waals surface area contributed by atoms with Gasteiger partial charge in [0.05, 0.1) is 23.3 Å². The van der Waals surface area contributed by atoms with Crippen LogP contribution in [0.5, 0.6) is 0 Å². The van der Waals surface area contributed by atoms with Crippen LogP contribution in [-0.2, 0) is 16.1 Å². The summed E-state index contributed by atoms with van der Waals surface area (Å²) in [5.41, 5.74) is 0.492. The van der Waals surface area contributed by atoms with Crippen molar-refractivity contribution in [2.75, 3.05) is 24.7 Å². The molecule has 3 heterocycles. The lowest BCUT2D eigenvalue weighted by Crippen LogP contribution is -2.46. The van der Waals surface area contributed by atoms with E-state index in [4.69, 9.17) is 4.74 Å². The summed E-state index contributed by atoms with van der Waals surface area (Å²) in [5.74, 6) is 2.02. The molecule has 0 radical (unpaired) electrons. The van der Waals surface area contributed by atoms with E-state index in [1.54, 1.807) is 6.07 Å². The topological polar surface area (TPSA) is 64.4 Å². The molecule has 0 bridgehead atoms. The third kappa shape index (κ3) is 3.64. The highest BCUT2D eigenvalue weighted by Crippen LogP contribution is 2.24. The number of hydrogen-bond acceptors (Lipinski definition) is 5. The molecule has 138 valence electrons. The number of ether oxygens (including phenoxy) is 1. The highest BCUT2D eigenvalue weighted by molar-refractivity contribution is 7.99. The monoisotopic (exact) mass is 373 g/mol. The molecule has 2 saturated heterocycles. The van der Waals surface area contributed by atoms with Crippen molar-refractivity contribution in [1.82, 2.24) is 14.5 Å². The second kappa shape index (κ2) is 7.80. The molecule has 2 aliphatic heterocycles. The summed E-state index contributed by atoms with van der Waals surface area (Å²) in [7, 11) is 0. The van der Waals surface area contributed by atoms with Gasteiger partial charge in [0.1, 0.15) is 6.54 Å². The second-order valence-electron chi connectivity index (χ2n) is 6.89. The van der Waals surface area contributed by atoms with E-state index >= 15 is 0 Å². The molecule has 4 rings (SSSR count). The minimum absolute atomic E-state index is 0.0211. The van der Waals surface area contributed by atoms with Gasteiger partial charge in [-0.1, -0.05) is 12.1 Å². The predicted octanol–water partition coefficient (Wildman–Crippen LogP) is 1.91. The van der Waals surface area contributed by atoms with Crippen molar-refractivity contribution in [3.8, 4) is 0 Å². The van der Waals surface area contributed by atoms with Crippen LogP contribution in [-0.4, -0.2) is 57.2 Å². The van der Waals surface area contributed by atoms with Crippen molar-refractivity contribution in [3.63, 3.8) is 0 Å². The molecule has 1 aromatic carbocycles. The highest BCUT2D eigenvalue weighted by Gasteiger charge is 2.30. The molecule has 0 aliphatic carbocycles. The van der Waals surface area contributed by atoms with Gasteiger partial charge in [0.25, 0.3) is 5.56 Å². The molecule has 2 fully saturated rings. The Hall–Kier alpha value is -1.86. The summed E-state index contributed by atoms with van der Waals surface area (Å²) < 4.78 is 7.17. The maximum atomic E-state index is 13.0. The predicted molar refractivity (Wildman–Crippen MR) is 102 cm³/mol. The molecule has 0 spiro atoms. The van der Waals surface area contributed by atoms with Crippen LogP contribution in [0.4, 0.5) is 0 Å². The van der Waals surface area contributed by atoms with Crippen LogP contribution in [0, 0.1) is 0 Å². The number of aromatic nitrogens is 2. The molecule has 7 heteroatoms. The fourth-order valence-electron chi connectivity index (χ4n) is 3.69. The molecule has 1 aromatic heterocycles. The zero-order valence-electron chi connectivity index (χ0n) is 14.7. The molecule has 0 N–H and O–H groups in total. The van der Waals surface area contributed by atoms with Crippen LogP contribution in [0.25, 0.3) is 10.9 Å². The third-order valence-electron chi connectivity index (χ3n) is 5.13. The van der Waals surface area contributed by atoms with E-state index in [2.05, 4.69) is 4.98 Å². The molecule has 2 aliphatic rings. The van der Waals surface area contributed by atoms with Crippen molar-refractivity contribution in [2.45, 2.75) is 38.0 Å². The molecule has 2 aromatic rings. The van der Waals surface area contributed by atoms with E-state index in [0.29, 0.717) is 17.4 Å². The van der Waals surface area contributed by atoms with Crippen molar-refractivity contribution in [3.05, 3.63) is 40.9 Å². The first-order chi connectivity index (χ1) is 12.7. The van der Waals surface area contributed by atoms with Crippen LogP contribution in [0.3, 0.4) is 0 Å². The molecular weight excluding hydrogens is 350 g/mol. The van der Waals surface area contributed by atoms with Crippen molar-refractivity contribution < 1.29 is 9.53 Å². The lowest BCUT2D eigenvalue weighted by atomic mass is 10.1. The summed E-state index contributed by atoms with van der Waals surface area (Å²) in [6, 6.07) is 7.47. The lowest BCUT2D eigenvalue weighted by Gasteiger charge is -2.31. The number of nitrogens with zero attached hydrogens (tertiary/aromatic N) is 3. The third-order valence-corrected chi connectivity index (χ3v) is 6.27. The summed E-state index contributed by atoms with van der Waals surface area (Å²) in [6.07, 6.45) is 4.67. The average molecular weight is 373 g/mol. The molecule has 26 heavy (non-hydrogen) atoms. The summed E-state index contributed by atoms with van der Waals surface area (Å²) in [5, 5.41) is 0.546. The zero-order chi connectivity index (χ0) is 17.9. The Bertz CT molecular complexity index is 841. The summed E-state index contributed by atoms with van der Waals surface area (Å²) in [4.78, 5) is 32.0. The van der Waals surface area contributed by atoms with E-state index in [1.165, 1.54) is 10.9 Å².